The zero-order valence-corrected chi connectivity index (χ0v) is 19.1. The van der Waals surface area contributed by atoms with E-state index in [9.17, 15) is 9.90 Å². The molecule has 1 aliphatic heterocycles. The molecule has 168 valence electrons. The second-order valence-corrected chi connectivity index (χ2v) is 9.28. The van der Waals surface area contributed by atoms with Crippen molar-refractivity contribution in [2.45, 2.75) is 59.7 Å². The SMILES string of the molecule is Cc1cc(CN2CCN(C(=O)C3CC3C)[C@@H](C)C2)c(C)c(Nc2nnc([C@@H](C)O)o2)c1. The molecule has 8 heteroatoms. The number of aliphatic hydroxyl groups excluding tert-OH is 1. The number of hydrogen-bond donors (Lipinski definition) is 2. The number of aliphatic hydroxyl groups is 1. The Labute approximate surface area is 183 Å². The van der Waals surface area contributed by atoms with E-state index in [0.717, 1.165) is 49.4 Å². The third-order valence-corrected chi connectivity index (χ3v) is 6.51. The summed E-state index contributed by atoms with van der Waals surface area (Å²) in [5, 5.41) is 20.6. The molecule has 1 aromatic heterocycles. The van der Waals surface area contributed by atoms with Crippen molar-refractivity contribution in [2.75, 3.05) is 25.0 Å². The molecule has 1 aromatic carbocycles. The van der Waals surface area contributed by atoms with Crippen molar-refractivity contribution in [1.29, 1.82) is 0 Å². The average molecular weight is 428 g/mol. The molecule has 1 amide bonds. The first kappa shape index (κ1) is 21.8. The molecule has 31 heavy (non-hydrogen) atoms. The van der Waals surface area contributed by atoms with E-state index in [1.165, 1.54) is 5.56 Å². The molecule has 1 aliphatic carbocycles. The van der Waals surface area contributed by atoms with Gasteiger partial charge in [0, 0.05) is 43.8 Å². The first-order chi connectivity index (χ1) is 14.7. The number of aryl methyl sites for hydroxylation is 1. The zero-order valence-electron chi connectivity index (χ0n) is 19.1. The number of piperazine rings is 1. The van der Waals surface area contributed by atoms with E-state index in [0.29, 0.717) is 11.8 Å². The molecule has 2 fully saturated rings. The summed E-state index contributed by atoms with van der Waals surface area (Å²) < 4.78 is 5.48. The highest BCUT2D eigenvalue weighted by molar-refractivity contribution is 5.82. The van der Waals surface area contributed by atoms with Crippen LogP contribution in [0.5, 0.6) is 0 Å². The Morgan fingerprint density at radius 1 is 1.29 bits per heavy atom. The van der Waals surface area contributed by atoms with Gasteiger partial charge in [-0.05, 0) is 62.8 Å². The van der Waals surface area contributed by atoms with E-state index in [2.05, 4.69) is 65.1 Å². The van der Waals surface area contributed by atoms with E-state index >= 15 is 0 Å². The second-order valence-electron chi connectivity index (χ2n) is 9.28. The van der Waals surface area contributed by atoms with Crippen molar-refractivity contribution in [3.05, 3.63) is 34.7 Å². The quantitative estimate of drug-likeness (QED) is 0.731. The van der Waals surface area contributed by atoms with Gasteiger partial charge < -0.3 is 19.7 Å². The minimum absolute atomic E-state index is 0.190. The van der Waals surface area contributed by atoms with Crippen LogP contribution in [0.15, 0.2) is 16.5 Å². The number of carbonyl (C=O) groups is 1. The van der Waals surface area contributed by atoms with E-state index < -0.39 is 6.10 Å². The van der Waals surface area contributed by atoms with Gasteiger partial charge in [-0.3, -0.25) is 9.69 Å². The van der Waals surface area contributed by atoms with Crippen molar-refractivity contribution in [3.8, 4) is 0 Å². The second kappa shape index (κ2) is 8.59. The summed E-state index contributed by atoms with van der Waals surface area (Å²) in [6.07, 6.45) is 0.246. The number of benzene rings is 1. The molecule has 1 saturated heterocycles. The molecule has 2 heterocycles. The largest absolute Gasteiger partial charge is 0.405 e. The Morgan fingerprint density at radius 3 is 2.65 bits per heavy atom. The van der Waals surface area contributed by atoms with Crippen molar-refractivity contribution in [3.63, 3.8) is 0 Å². The van der Waals surface area contributed by atoms with Crippen LogP contribution in [0.4, 0.5) is 11.7 Å². The molecular weight excluding hydrogens is 394 g/mol. The minimum Gasteiger partial charge on any atom is -0.405 e. The Kier molecular flexibility index (Phi) is 6.03. The summed E-state index contributed by atoms with van der Waals surface area (Å²) in [6, 6.07) is 4.77. The third-order valence-electron chi connectivity index (χ3n) is 6.51. The molecule has 0 radical (unpaired) electrons. The van der Waals surface area contributed by atoms with Crippen LogP contribution in [0.2, 0.25) is 0 Å². The Bertz CT molecular complexity index is 957. The van der Waals surface area contributed by atoms with Gasteiger partial charge in [0.25, 0.3) is 0 Å². The summed E-state index contributed by atoms with van der Waals surface area (Å²) in [6.45, 7) is 13.4. The van der Waals surface area contributed by atoms with Crippen LogP contribution < -0.4 is 5.32 Å². The molecule has 0 bridgehead atoms. The van der Waals surface area contributed by atoms with Crippen LogP contribution >= 0.6 is 0 Å². The number of anilines is 2. The van der Waals surface area contributed by atoms with Crippen molar-refractivity contribution >= 4 is 17.6 Å². The summed E-state index contributed by atoms with van der Waals surface area (Å²) in [4.78, 5) is 17.2. The number of carbonyl (C=O) groups excluding carboxylic acids is 1. The van der Waals surface area contributed by atoms with Crippen molar-refractivity contribution in [1.82, 2.24) is 20.0 Å². The first-order valence-corrected chi connectivity index (χ1v) is 11.1. The standard InChI is InChI=1S/C23H33N5O3/c1-13-8-18(16(4)20(9-13)24-23-26-25-21(31-23)17(5)29)12-27-6-7-28(15(3)11-27)22(30)19-10-14(19)2/h8-9,14-15,17,19,29H,6-7,10-12H2,1-5H3,(H,24,26)/t14?,15-,17+,19?/m0/s1. The third kappa shape index (κ3) is 4.75. The number of amides is 1. The molecule has 8 nitrogen and oxygen atoms in total. The number of aromatic nitrogens is 2. The molecule has 4 atom stereocenters. The fourth-order valence-corrected chi connectivity index (χ4v) is 4.42. The number of hydrogen-bond acceptors (Lipinski definition) is 7. The van der Waals surface area contributed by atoms with Crippen LogP contribution in [0.25, 0.3) is 0 Å². The fraction of sp³-hybridized carbons (Fsp3) is 0.609. The summed E-state index contributed by atoms with van der Waals surface area (Å²) in [5.41, 5.74) is 4.42. The van der Waals surface area contributed by atoms with E-state index in [4.69, 9.17) is 4.42 Å². The molecule has 0 spiro atoms. The number of nitrogens with zero attached hydrogens (tertiary/aromatic N) is 4. The van der Waals surface area contributed by atoms with Gasteiger partial charge in [0.2, 0.25) is 11.8 Å². The molecule has 2 aliphatic rings. The summed E-state index contributed by atoms with van der Waals surface area (Å²) in [7, 11) is 0. The van der Waals surface area contributed by atoms with Gasteiger partial charge >= 0.3 is 6.01 Å². The minimum atomic E-state index is -0.798. The van der Waals surface area contributed by atoms with E-state index in [1.54, 1.807) is 6.92 Å². The fourth-order valence-electron chi connectivity index (χ4n) is 4.42. The predicted octanol–water partition coefficient (Wildman–Crippen LogP) is 3.17. The highest BCUT2D eigenvalue weighted by Gasteiger charge is 2.43. The summed E-state index contributed by atoms with van der Waals surface area (Å²) in [5.74, 6) is 1.33. The summed E-state index contributed by atoms with van der Waals surface area (Å²) >= 11 is 0. The van der Waals surface area contributed by atoms with Gasteiger partial charge in [-0.25, -0.2) is 0 Å². The Hall–Kier alpha value is -2.45. The maximum absolute atomic E-state index is 12.7. The molecule has 2 aromatic rings. The van der Waals surface area contributed by atoms with Crippen molar-refractivity contribution in [2.24, 2.45) is 11.8 Å². The number of rotatable bonds is 6. The maximum Gasteiger partial charge on any atom is 0.320 e. The van der Waals surface area contributed by atoms with Crippen LogP contribution in [0, 0.1) is 25.7 Å². The molecule has 1 saturated carbocycles. The van der Waals surface area contributed by atoms with Crippen LogP contribution in [0.1, 0.15) is 55.9 Å². The van der Waals surface area contributed by atoms with Gasteiger partial charge in [0.05, 0.1) is 0 Å². The first-order valence-electron chi connectivity index (χ1n) is 11.1. The lowest BCUT2D eigenvalue weighted by atomic mass is 10.0. The zero-order chi connectivity index (χ0) is 22.3. The smallest absolute Gasteiger partial charge is 0.320 e. The highest BCUT2D eigenvalue weighted by Crippen LogP contribution is 2.40. The van der Waals surface area contributed by atoms with E-state index in [-0.39, 0.29) is 23.9 Å². The average Bonchev–Trinajstić information content (AvgIpc) is 3.25. The Morgan fingerprint density at radius 2 is 2.03 bits per heavy atom. The van der Waals surface area contributed by atoms with Gasteiger partial charge in [-0.2, -0.15) is 0 Å². The molecule has 2 N–H and O–H groups in total. The molecule has 2 unspecified atom stereocenters. The van der Waals surface area contributed by atoms with Gasteiger partial charge in [0.15, 0.2) is 0 Å². The van der Waals surface area contributed by atoms with E-state index in [1.807, 2.05) is 0 Å². The van der Waals surface area contributed by atoms with Gasteiger partial charge in [-0.1, -0.05) is 18.1 Å². The molecular formula is C23H33N5O3. The monoisotopic (exact) mass is 427 g/mol. The van der Waals surface area contributed by atoms with Crippen LogP contribution in [0.3, 0.4) is 0 Å². The van der Waals surface area contributed by atoms with Gasteiger partial charge in [-0.15, -0.1) is 5.10 Å². The topological polar surface area (TPSA) is 94.7 Å². The van der Waals surface area contributed by atoms with Crippen LogP contribution in [-0.2, 0) is 11.3 Å². The highest BCUT2D eigenvalue weighted by atomic mass is 16.4. The van der Waals surface area contributed by atoms with Crippen molar-refractivity contribution < 1.29 is 14.3 Å². The molecule has 4 rings (SSSR count). The number of nitrogens with one attached hydrogen (secondary N) is 1. The van der Waals surface area contributed by atoms with Gasteiger partial charge in [0.1, 0.15) is 6.10 Å². The Balaban J connectivity index is 1.43. The lowest BCUT2D eigenvalue weighted by Gasteiger charge is -2.40. The van der Waals surface area contributed by atoms with Crippen LogP contribution in [-0.4, -0.2) is 56.7 Å². The maximum atomic E-state index is 12.7. The lowest BCUT2D eigenvalue weighted by Crippen LogP contribution is -2.54. The predicted molar refractivity (Wildman–Crippen MR) is 118 cm³/mol. The normalized spacial score (nSPS) is 24.8. The lowest BCUT2D eigenvalue weighted by molar-refractivity contribution is -0.137.